The van der Waals surface area contributed by atoms with Crippen LogP contribution >= 0.6 is 0 Å². The lowest BCUT2D eigenvalue weighted by Gasteiger charge is -2.13. The van der Waals surface area contributed by atoms with Crippen molar-refractivity contribution in [3.8, 4) is 17.2 Å². The van der Waals surface area contributed by atoms with Crippen LogP contribution in [0.2, 0.25) is 0 Å². The van der Waals surface area contributed by atoms with E-state index in [1.165, 1.54) is 32.4 Å². The van der Waals surface area contributed by atoms with E-state index in [-0.39, 0.29) is 29.1 Å². The van der Waals surface area contributed by atoms with E-state index in [4.69, 9.17) is 23.7 Å². The number of benzene rings is 2. The van der Waals surface area contributed by atoms with E-state index in [9.17, 15) is 14.8 Å². The number of rotatable bonds is 9. The minimum atomic E-state index is -0.874. The second kappa shape index (κ2) is 10.5. The molecule has 0 saturated heterocycles. The van der Waals surface area contributed by atoms with Crippen LogP contribution in [0.15, 0.2) is 36.4 Å². The first-order chi connectivity index (χ1) is 15.9. The summed E-state index contributed by atoms with van der Waals surface area (Å²) in [6.07, 6.45) is 0. The lowest BCUT2D eigenvalue weighted by molar-refractivity contribution is -0.581. The first-order valence-corrected chi connectivity index (χ1v) is 10.2. The lowest BCUT2D eigenvalue weighted by atomic mass is 10.2. The molecular formula is C23H24N2O8. The summed E-state index contributed by atoms with van der Waals surface area (Å²) in [5.74, 6) is -0.310. The molecule has 0 spiro atoms. The Morgan fingerprint density at radius 1 is 0.939 bits per heavy atom. The first-order valence-electron chi connectivity index (χ1n) is 10.2. The predicted octanol–water partition coefficient (Wildman–Crippen LogP) is 2.82. The quantitative estimate of drug-likeness (QED) is 0.272. The van der Waals surface area contributed by atoms with Crippen LogP contribution in [0.1, 0.15) is 40.4 Å². The second-order valence-corrected chi connectivity index (χ2v) is 6.65. The summed E-state index contributed by atoms with van der Waals surface area (Å²) in [7, 11) is 2.93. The molecule has 3 rings (SSSR count). The number of hydrogen-bond donors (Lipinski definition) is 0. The number of methoxy groups -OCH3 is 2. The summed E-state index contributed by atoms with van der Waals surface area (Å²) >= 11 is 0. The summed E-state index contributed by atoms with van der Waals surface area (Å²) in [5.41, 5.74) is 0.229. The molecule has 0 atom stereocenters. The van der Waals surface area contributed by atoms with Gasteiger partial charge >= 0.3 is 17.6 Å². The van der Waals surface area contributed by atoms with E-state index in [1.54, 1.807) is 25.1 Å². The molecule has 0 radical (unpaired) electrons. The third kappa shape index (κ3) is 5.05. The van der Waals surface area contributed by atoms with E-state index >= 15 is 0 Å². The predicted molar refractivity (Wildman–Crippen MR) is 116 cm³/mol. The molecule has 0 aliphatic carbocycles. The standard InChI is InChI=1S/C23H24N2O8/c1-5-31-15-8-9-16-18(12-15)25(28)21(23(27)32-6-2)17(24-16)13-33-22(26)14-7-10-19(29-3)20(11-14)30-4/h7-12H,5-6,13H2,1-4H3. The van der Waals surface area contributed by atoms with E-state index < -0.39 is 18.5 Å². The van der Waals surface area contributed by atoms with Gasteiger partial charge in [-0.05, 0) is 44.2 Å². The van der Waals surface area contributed by atoms with Crippen LogP contribution in [0.3, 0.4) is 0 Å². The first kappa shape index (κ1) is 23.6. The largest absolute Gasteiger partial charge is 0.618 e. The lowest BCUT2D eigenvalue weighted by Crippen LogP contribution is -2.39. The van der Waals surface area contributed by atoms with Crippen LogP contribution < -0.4 is 18.9 Å². The van der Waals surface area contributed by atoms with Gasteiger partial charge < -0.3 is 28.9 Å². The molecule has 33 heavy (non-hydrogen) atoms. The van der Waals surface area contributed by atoms with Crippen LogP contribution in [0.5, 0.6) is 17.2 Å². The molecule has 10 nitrogen and oxygen atoms in total. The average Bonchev–Trinajstić information content (AvgIpc) is 2.82. The van der Waals surface area contributed by atoms with E-state index in [0.29, 0.717) is 34.1 Å². The van der Waals surface area contributed by atoms with Crippen molar-refractivity contribution in [2.24, 2.45) is 0 Å². The van der Waals surface area contributed by atoms with Crippen LogP contribution in [-0.2, 0) is 16.1 Å². The van der Waals surface area contributed by atoms with Gasteiger partial charge in [0.2, 0.25) is 5.52 Å². The van der Waals surface area contributed by atoms with Crippen molar-refractivity contribution >= 4 is 23.0 Å². The molecule has 0 aliphatic heterocycles. The zero-order valence-corrected chi connectivity index (χ0v) is 18.7. The summed E-state index contributed by atoms with van der Waals surface area (Å²) in [6, 6.07) is 9.26. The van der Waals surface area contributed by atoms with Crippen molar-refractivity contribution in [2.45, 2.75) is 20.5 Å². The van der Waals surface area contributed by atoms with Gasteiger partial charge in [0, 0.05) is 0 Å². The normalized spacial score (nSPS) is 10.5. The smallest absolute Gasteiger partial charge is 0.407 e. The van der Waals surface area contributed by atoms with Gasteiger partial charge in [0.05, 0.1) is 39.1 Å². The molecule has 0 unspecified atom stereocenters. The topological polar surface area (TPSA) is 120 Å². The number of carbonyl (C=O) groups is 2. The van der Waals surface area contributed by atoms with Crippen molar-refractivity contribution in [1.82, 2.24) is 4.98 Å². The molecular weight excluding hydrogens is 432 g/mol. The maximum absolute atomic E-state index is 13.0. The summed E-state index contributed by atoms with van der Waals surface area (Å²) in [6.45, 7) is 3.47. The van der Waals surface area contributed by atoms with Gasteiger partial charge in [0.1, 0.15) is 17.9 Å². The van der Waals surface area contributed by atoms with Gasteiger partial charge in [-0.1, -0.05) is 0 Å². The minimum Gasteiger partial charge on any atom is -0.618 e. The monoisotopic (exact) mass is 456 g/mol. The Morgan fingerprint density at radius 2 is 1.70 bits per heavy atom. The number of esters is 2. The van der Waals surface area contributed by atoms with E-state index in [1.807, 2.05) is 6.92 Å². The van der Waals surface area contributed by atoms with Gasteiger partial charge in [0.15, 0.2) is 17.2 Å². The highest BCUT2D eigenvalue weighted by molar-refractivity contribution is 5.91. The molecule has 1 heterocycles. The summed E-state index contributed by atoms with van der Waals surface area (Å²) in [4.78, 5) is 29.5. The molecule has 2 aromatic carbocycles. The van der Waals surface area contributed by atoms with Gasteiger partial charge in [-0.25, -0.2) is 14.6 Å². The van der Waals surface area contributed by atoms with Crippen molar-refractivity contribution in [3.05, 3.63) is 58.6 Å². The number of hydrogen-bond acceptors (Lipinski definition) is 9. The van der Waals surface area contributed by atoms with Crippen LogP contribution in [-0.4, -0.2) is 44.4 Å². The number of aromatic nitrogens is 2. The summed E-state index contributed by atoms with van der Waals surface area (Å²) in [5, 5.41) is 13.0. The molecule has 0 saturated carbocycles. The fraction of sp³-hybridized carbons (Fsp3) is 0.304. The molecule has 0 aliphatic rings. The maximum Gasteiger partial charge on any atom is 0.407 e. The molecule has 1 aromatic heterocycles. The van der Waals surface area contributed by atoms with Gasteiger partial charge in [0.25, 0.3) is 0 Å². The molecule has 0 amide bonds. The van der Waals surface area contributed by atoms with Crippen LogP contribution in [0, 0.1) is 5.21 Å². The molecule has 0 fully saturated rings. The Kier molecular flexibility index (Phi) is 7.50. The Balaban J connectivity index is 1.95. The number of ether oxygens (including phenoxy) is 5. The Morgan fingerprint density at radius 3 is 2.36 bits per heavy atom. The molecule has 0 N–H and O–H groups in total. The average molecular weight is 456 g/mol. The van der Waals surface area contributed by atoms with Crippen molar-refractivity contribution in [2.75, 3.05) is 27.4 Å². The van der Waals surface area contributed by atoms with Crippen LogP contribution in [0.25, 0.3) is 11.0 Å². The fourth-order valence-corrected chi connectivity index (χ4v) is 3.13. The Hall–Kier alpha value is -4.08. The van der Waals surface area contributed by atoms with Gasteiger partial charge in [-0.15, -0.1) is 0 Å². The molecule has 10 heteroatoms. The van der Waals surface area contributed by atoms with Crippen molar-refractivity contribution < 1.29 is 38.0 Å². The van der Waals surface area contributed by atoms with Gasteiger partial charge in [-0.3, -0.25) is 0 Å². The zero-order valence-electron chi connectivity index (χ0n) is 18.7. The third-order valence-corrected chi connectivity index (χ3v) is 4.64. The number of nitrogens with zero attached hydrogens (tertiary/aromatic N) is 2. The van der Waals surface area contributed by atoms with Crippen molar-refractivity contribution in [3.63, 3.8) is 0 Å². The SMILES string of the molecule is CCOC(=O)c1c(COC(=O)c2ccc(OC)c(OC)c2)nc2ccc(OCC)cc2[n+]1[O-]. The fourth-order valence-electron chi connectivity index (χ4n) is 3.13. The summed E-state index contributed by atoms with van der Waals surface area (Å²) < 4.78 is 26.6. The highest BCUT2D eigenvalue weighted by atomic mass is 16.5. The molecule has 0 bridgehead atoms. The molecule has 3 aromatic rings. The highest BCUT2D eigenvalue weighted by Gasteiger charge is 2.29. The minimum absolute atomic E-state index is 0.0334. The van der Waals surface area contributed by atoms with E-state index in [2.05, 4.69) is 4.98 Å². The maximum atomic E-state index is 13.0. The highest BCUT2D eigenvalue weighted by Crippen LogP contribution is 2.28. The Bertz CT molecular complexity index is 1180. The molecule has 174 valence electrons. The Labute approximate surface area is 190 Å². The van der Waals surface area contributed by atoms with Crippen LogP contribution in [0.4, 0.5) is 0 Å². The van der Waals surface area contributed by atoms with Crippen molar-refractivity contribution in [1.29, 1.82) is 0 Å². The second-order valence-electron chi connectivity index (χ2n) is 6.65. The number of carbonyl (C=O) groups excluding carboxylic acids is 2. The zero-order chi connectivity index (χ0) is 24.0. The van der Waals surface area contributed by atoms with E-state index in [0.717, 1.165) is 0 Å². The third-order valence-electron chi connectivity index (χ3n) is 4.64. The number of fused-ring (bicyclic) bond motifs is 1. The van der Waals surface area contributed by atoms with Gasteiger partial charge in [-0.2, -0.15) is 4.73 Å².